The van der Waals surface area contributed by atoms with E-state index in [1.807, 2.05) is 6.07 Å². The van der Waals surface area contributed by atoms with E-state index < -0.39 is 16.9 Å². The molecule has 2 aromatic carbocycles. The quantitative estimate of drug-likeness (QED) is 0.393. The summed E-state index contributed by atoms with van der Waals surface area (Å²) in [6.45, 7) is 1.85. The molecule has 0 radical (unpaired) electrons. The van der Waals surface area contributed by atoms with Gasteiger partial charge in [-0.05, 0) is 42.8 Å². The first-order chi connectivity index (χ1) is 14.5. The zero-order valence-electron chi connectivity index (χ0n) is 15.9. The summed E-state index contributed by atoms with van der Waals surface area (Å²) in [6.07, 6.45) is 0.548. The average Bonchev–Trinajstić information content (AvgIpc) is 3.21. The number of aryl methyl sites for hydroxylation is 1. The number of fused-ring (bicyclic) bond motifs is 1. The molecule has 0 fully saturated rings. The number of non-ortho nitro benzene ring substituents is 1. The van der Waals surface area contributed by atoms with Gasteiger partial charge < -0.3 is 13.9 Å². The molecule has 152 valence electrons. The summed E-state index contributed by atoms with van der Waals surface area (Å²) >= 11 is 0. The van der Waals surface area contributed by atoms with Crippen LogP contribution in [0.3, 0.4) is 0 Å². The lowest BCUT2D eigenvalue weighted by molar-refractivity contribution is -0.384. The van der Waals surface area contributed by atoms with Crippen LogP contribution in [0.15, 0.2) is 64.1 Å². The number of hydrazone groups is 1. The molecule has 0 aliphatic carbocycles. The number of nitrogens with zero attached hydrogens (tertiary/aromatic N) is 2. The fourth-order valence-electron chi connectivity index (χ4n) is 2.99. The molecule has 0 saturated carbocycles. The maximum atomic E-state index is 12.2. The van der Waals surface area contributed by atoms with E-state index in [0.29, 0.717) is 28.6 Å². The summed E-state index contributed by atoms with van der Waals surface area (Å²) in [5, 5.41) is 14.8. The molecule has 2 heterocycles. The number of nitrogens with one attached hydrogen (secondary N) is 1. The van der Waals surface area contributed by atoms with Crippen molar-refractivity contribution in [2.24, 2.45) is 5.10 Å². The molecule has 9 heteroatoms. The van der Waals surface area contributed by atoms with Gasteiger partial charge in [-0.2, -0.15) is 5.10 Å². The molecular weight excluding hydrogens is 390 g/mol. The van der Waals surface area contributed by atoms with Crippen LogP contribution in [0.25, 0.3) is 11.3 Å². The highest BCUT2D eigenvalue weighted by Gasteiger charge is 2.27. The molecule has 3 aromatic rings. The number of rotatable bonds is 5. The predicted octanol–water partition coefficient (Wildman–Crippen LogP) is 3.45. The minimum Gasteiger partial charge on any atom is -0.485 e. The maximum Gasteiger partial charge on any atom is 0.284 e. The Morgan fingerprint density at radius 3 is 2.77 bits per heavy atom. The minimum atomic E-state index is -0.813. The lowest BCUT2D eigenvalue weighted by Gasteiger charge is -2.24. The molecular formula is C21H17N3O6. The number of carbonyl (C=O) groups is 1. The zero-order valence-corrected chi connectivity index (χ0v) is 15.9. The number of benzene rings is 2. The Morgan fingerprint density at radius 1 is 1.20 bits per heavy atom. The Balaban J connectivity index is 1.38. The van der Waals surface area contributed by atoms with Gasteiger partial charge in [-0.1, -0.05) is 12.1 Å². The van der Waals surface area contributed by atoms with Gasteiger partial charge in [0.25, 0.3) is 11.6 Å². The number of nitro benzene ring substituents is 1. The fraction of sp³-hybridized carbons (Fsp3) is 0.143. The summed E-state index contributed by atoms with van der Waals surface area (Å²) in [4.78, 5) is 22.7. The second-order valence-electron chi connectivity index (χ2n) is 6.56. The fourth-order valence-corrected chi connectivity index (χ4v) is 2.99. The summed E-state index contributed by atoms with van der Waals surface area (Å²) < 4.78 is 16.8. The molecule has 30 heavy (non-hydrogen) atoms. The van der Waals surface area contributed by atoms with Gasteiger partial charge in [0.2, 0.25) is 6.10 Å². The molecule has 0 spiro atoms. The molecule has 1 atom stereocenters. The highest BCUT2D eigenvalue weighted by molar-refractivity contribution is 5.84. The third kappa shape index (κ3) is 4.00. The van der Waals surface area contributed by atoms with E-state index in [1.54, 1.807) is 43.3 Å². The third-order valence-electron chi connectivity index (χ3n) is 4.48. The molecule has 1 N–H and O–H groups in total. The highest BCUT2D eigenvalue weighted by Crippen LogP contribution is 2.31. The van der Waals surface area contributed by atoms with E-state index in [0.717, 1.165) is 5.56 Å². The van der Waals surface area contributed by atoms with Crippen molar-refractivity contribution >= 4 is 17.8 Å². The smallest absolute Gasteiger partial charge is 0.284 e. The zero-order chi connectivity index (χ0) is 21.1. The first-order valence-corrected chi connectivity index (χ1v) is 9.08. The summed E-state index contributed by atoms with van der Waals surface area (Å²) in [6, 6.07) is 15.1. The van der Waals surface area contributed by atoms with Gasteiger partial charge in [0, 0.05) is 17.7 Å². The largest absolute Gasteiger partial charge is 0.485 e. The molecule has 1 aliphatic rings. The minimum absolute atomic E-state index is 0.0174. The molecule has 0 unspecified atom stereocenters. The van der Waals surface area contributed by atoms with Crippen molar-refractivity contribution in [2.45, 2.75) is 13.0 Å². The van der Waals surface area contributed by atoms with Gasteiger partial charge in [0.05, 0.1) is 11.1 Å². The van der Waals surface area contributed by atoms with E-state index >= 15 is 0 Å². The lowest BCUT2D eigenvalue weighted by Crippen LogP contribution is -2.42. The van der Waals surface area contributed by atoms with Gasteiger partial charge in [0.1, 0.15) is 18.1 Å². The molecule has 1 amide bonds. The van der Waals surface area contributed by atoms with Gasteiger partial charge >= 0.3 is 0 Å². The predicted molar refractivity (Wildman–Crippen MR) is 108 cm³/mol. The summed E-state index contributed by atoms with van der Waals surface area (Å²) in [5.41, 5.74) is 3.87. The van der Waals surface area contributed by atoms with Crippen LogP contribution in [-0.2, 0) is 4.79 Å². The van der Waals surface area contributed by atoms with Crippen LogP contribution in [0.1, 0.15) is 11.3 Å². The Labute approximate surface area is 171 Å². The number of para-hydroxylation sites is 2. The first-order valence-electron chi connectivity index (χ1n) is 9.08. The summed E-state index contributed by atoms with van der Waals surface area (Å²) in [5.74, 6) is 1.60. The van der Waals surface area contributed by atoms with Crippen molar-refractivity contribution in [1.29, 1.82) is 0 Å². The molecule has 9 nitrogen and oxygen atoms in total. The van der Waals surface area contributed by atoms with Crippen LogP contribution in [0.2, 0.25) is 0 Å². The van der Waals surface area contributed by atoms with Crippen LogP contribution in [0, 0.1) is 17.0 Å². The number of ether oxygens (including phenoxy) is 2. The Bertz CT molecular complexity index is 1140. The molecule has 4 rings (SSSR count). The molecule has 1 aromatic heterocycles. The van der Waals surface area contributed by atoms with Crippen LogP contribution in [-0.4, -0.2) is 29.8 Å². The second-order valence-corrected chi connectivity index (χ2v) is 6.56. The maximum absolute atomic E-state index is 12.2. The van der Waals surface area contributed by atoms with Crippen LogP contribution < -0.4 is 14.9 Å². The molecule has 0 saturated heterocycles. The van der Waals surface area contributed by atoms with E-state index in [4.69, 9.17) is 13.9 Å². The third-order valence-corrected chi connectivity index (χ3v) is 4.48. The van der Waals surface area contributed by atoms with Crippen LogP contribution in [0.4, 0.5) is 5.69 Å². The second kappa shape index (κ2) is 8.08. The summed E-state index contributed by atoms with van der Waals surface area (Å²) in [7, 11) is 0. The SMILES string of the molecule is Cc1cc([N+](=O)[O-])ccc1-c1ccc(/C=N\NC(=O)[C@@H]2COc3ccccc3O2)o1. The van der Waals surface area contributed by atoms with Gasteiger partial charge in [0.15, 0.2) is 11.5 Å². The van der Waals surface area contributed by atoms with Crippen molar-refractivity contribution in [3.63, 3.8) is 0 Å². The van der Waals surface area contributed by atoms with Crippen LogP contribution >= 0.6 is 0 Å². The lowest BCUT2D eigenvalue weighted by atomic mass is 10.1. The number of hydrogen-bond acceptors (Lipinski definition) is 7. The van der Waals surface area contributed by atoms with Crippen molar-refractivity contribution in [2.75, 3.05) is 6.61 Å². The monoisotopic (exact) mass is 407 g/mol. The van der Waals surface area contributed by atoms with E-state index in [9.17, 15) is 14.9 Å². The van der Waals surface area contributed by atoms with Gasteiger partial charge in [-0.3, -0.25) is 14.9 Å². The topological polar surface area (TPSA) is 116 Å². The van der Waals surface area contributed by atoms with Crippen molar-refractivity contribution in [3.05, 3.63) is 76.0 Å². The number of carbonyl (C=O) groups excluding carboxylic acids is 1. The Morgan fingerprint density at radius 2 is 2.00 bits per heavy atom. The number of hydrogen-bond donors (Lipinski definition) is 1. The molecule has 0 bridgehead atoms. The number of furan rings is 1. The normalized spacial score (nSPS) is 15.2. The number of amides is 1. The molecule has 1 aliphatic heterocycles. The first kappa shape index (κ1) is 19.2. The Hall–Kier alpha value is -4.14. The van der Waals surface area contributed by atoms with Crippen LogP contribution in [0.5, 0.6) is 11.5 Å². The standard InChI is InChI=1S/C21H17N3O6/c1-13-10-14(24(26)27)6-8-16(13)17-9-7-15(29-17)11-22-23-21(25)20-12-28-18-4-2-3-5-19(18)30-20/h2-11,20H,12H2,1H3,(H,23,25)/b22-11-/t20-/m0/s1. The Kier molecular flexibility index (Phi) is 5.17. The van der Waals surface area contributed by atoms with E-state index in [-0.39, 0.29) is 12.3 Å². The van der Waals surface area contributed by atoms with Crippen molar-refractivity contribution in [1.82, 2.24) is 5.43 Å². The van der Waals surface area contributed by atoms with Gasteiger partial charge in [-0.15, -0.1) is 0 Å². The van der Waals surface area contributed by atoms with Gasteiger partial charge in [-0.25, -0.2) is 5.43 Å². The number of nitro groups is 1. The highest BCUT2D eigenvalue weighted by atomic mass is 16.6. The van der Waals surface area contributed by atoms with E-state index in [2.05, 4.69) is 10.5 Å². The van der Waals surface area contributed by atoms with Crippen molar-refractivity contribution < 1.29 is 23.6 Å². The average molecular weight is 407 g/mol. The van der Waals surface area contributed by atoms with Crippen molar-refractivity contribution in [3.8, 4) is 22.8 Å². The van der Waals surface area contributed by atoms with E-state index in [1.165, 1.54) is 18.3 Å².